The SMILES string of the molecule is CCOc1ccc(S(=O)(=O)N2CC[NH+](C[C@@H](O)COC(C)(C)C)CC2)cc1. The van der Waals surface area contributed by atoms with Gasteiger partial charge in [0.15, 0.2) is 0 Å². The molecule has 0 aromatic heterocycles. The summed E-state index contributed by atoms with van der Waals surface area (Å²) >= 11 is 0. The molecule has 27 heavy (non-hydrogen) atoms. The van der Waals surface area contributed by atoms with Crippen LogP contribution >= 0.6 is 0 Å². The number of ether oxygens (including phenoxy) is 2. The summed E-state index contributed by atoms with van der Waals surface area (Å²) in [5.74, 6) is 0.664. The smallest absolute Gasteiger partial charge is 0.243 e. The standard InChI is InChI=1S/C19H32N2O5S/c1-5-25-17-6-8-18(9-7-17)27(23,24)21-12-10-20(11-13-21)14-16(22)15-26-19(2,3)4/h6-9,16,22H,5,10-15H2,1-4H3/p+1/t16-/m1/s1. The highest BCUT2D eigenvalue weighted by molar-refractivity contribution is 7.89. The predicted octanol–water partition coefficient (Wildman–Crippen LogP) is 0.151. The molecule has 0 aliphatic carbocycles. The average Bonchev–Trinajstić information content (AvgIpc) is 2.61. The predicted molar refractivity (Wildman–Crippen MR) is 104 cm³/mol. The van der Waals surface area contributed by atoms with Crippen molar-refractivity contribution in [1.82, 2.24) is 4.31 Å². The first kappa shape index (κ1) is 22.1. The molecule has 8 heteroatoms. The molecule has 1 aliphatic rings. The fourth-order valence-corrected chi connectivity index (χ4v) is 4.45. The van der Waals surface area contributed by atoms with Crippen LogP contribution in [0.3, 0.4) is 0 Å². The van der Waals surface area contributed by atoms with E-state index in [0.29, 0.717) is 51.7 Å². The number of nitrogens with zero attached hydrogens (tertiary/aromatic N) is 1. The van der Waals surface area contributed by atoms with E-state index in [9.17, 15) is 13.5 Å². The molecule has 0 saturated carbocycles. The molecular formula is C19H33N2O5S+. The molecule has 0 spiro atoms. The van der Waals surface area contributed by atoms with Crippen molar-refractivity contribution in [1.29, 1.82) is 0 Å². The quantitative estimate of drug-likeness (QED) is 0.648. The minimum Gasteiger partial charge on any atom is -0.494 e. The van der Waals surface area contributed by atoms with Gasteiger partial charge in [0.2, 0.25) is 10.0 Å². The van der Waals surface area contributed by atoms with Crippen molar-refractivity contribution in [3.05, 3.63) is 24.3 Å². The van der Waals surface area contributed by atoms with E-state index in [0.717, 1.165) is 0 Å². The first-order valence-electron chi connectivity index (χ1n) is 9.50. The Labute approximate surface area is 162 Å². The van der Waals surface area contributed by atoms with Gasteiger partial charge in [-0.05, 0) is 52.0 Å². The second-order valence-corrected chi connectivity index (χ2v) is 9.78. The van der Waals surface area contributed by atoms with Crippen molar-refractivity contribution >= 4 is 10.0 Å². The number of piperazine rings is 1. The highest BCUT2D eigenvalue weighted by atomic mass is 32.2. The van der Waals surface area contributed by atoms with Gasteiger partial charge in [0.25, 0.3) is 0 Å². The van der Waals surface area contributed by atoms with E-state index >= 15 is 0 Å². The molecular weight excluding hydrogens is 368 g/mol. The normalized spacial score (nSPS) is 18.4. The van der Waals surface area contributed by atoms with Crippen molar-refractivity contribution in [3.63, 3.8) is 0 Å². The lowest BCUT2D eigenvalue weighted by Crippen LogP contribution is -3.15. The number of aliphatic hydroxyl groups is 1. The van der Waals surface area contributed by atoms with Crippen LogP contribution in [-0.2, 0) is 14.8 Å². The van der Waals surface area contributed by atoms with Crippen LogP contribution in [0.2, 0.25) is 0 Å². The molecule has 0 radical (unpaired) electrons. The maximum absolute atomic E-state index is 12.8. The first-order valence-corrected chi connectivity index (χ1v) is 10.9. The van der Waals surface area contributed by atoms with Crippen molar-refractivity contribution in [3.8, 4) is 5.75 Å². The summed E-state index contributed by atoms with van der Waals surface area (Å²) < 4.78 is 38.1. The van der Waals surface area contributed by atoms with Crippen molar-refractivity contribution < 1.29 is 27.9 Å². The molecule has 1 heterocycles. The number of sulfonamides is 1. The number of hydrogen-bond acceptors (Lipinski definition) is 5. The highest BCUT2D eigenvalue weighted by Crippen LogP contribution is 2.19. The number of aliphatic hydroxyl groups excluding tert-OH is 1. The topological polar surface area (TPSA) is 80.5 Å². The van der Waals surface area contributed by atoms with Crippen LogP contribution in [0.1, 0.15) is 27.7 Å². The number of hydrogen-bond donors (Lipinski definition) is 2. The van der Waals surface area contributed by atoms with Gasteiger partial charge in [-0.1, -0.05) is 0 Å². The van der Waals surface area contributed by atoms with E-state index in [1.165, 1.54) is 9.21 Å². The molecule has 1 saturated heterocycles. The van der Waals surface area contributed by atoms with Gasteiger partial charge in [-0.25, -0.2) is 8.42 Å². The van der Waals surface area contributed by atoms with Crippen molar-refractivity contribution in [2.24, 2.45) is 0 Å². The Morgan fingerprint density at radius 2 is 1.78 bits per heavy atom. The number of nitrogens with one attached hydrogen (secondary N) is 1. The summed E-state index contributed by atoms with van der Waals surface area (Å²) in [7, 11) is -3.50. The Balaban J connectivity index is 1.86. The number of benzene rings is 1. The zero-order valence-electron chi connectivity index (χ0n) is 16.8. The largest absolute Gasteiger partial charge is 0.494 e. The van der Waals surface area contributed by atoms with Crippen LogP contribution in [0.25, 0.3) is 0 Å². The van der Waals surface area contributed by atoms with Gasteiger partial charge in [-0.15, -0.1) is 0 Å². The summed E-state index contributed by atoms with van der Waals surface area (Å²) in [5, 5.41) is 10.1. The Morgan fingerprint density at radius 1 is 1.19 bits per heavy atom. The Hall–Kier alpha value is -1.19. The van der Waals surface area contributed by atoms with Gasteiger partial charge in [0.1, 0.15) is 18.4 Å². The molecule has 154 valence electrons. The van der Waals surface area contributed by atoms with Crippen LogP contribution < -0.4 is 9.64 Å². The third kappa shape index (κ3) is 6.73. The summed E-state index contributed by atoms with van der Waals surface area (Å²) in [6.45, 7) is 11.4. The highest BCUT2D eigenvalue weighted by Gasteiger charge is 2.31. The van der Waals surface area contributed by atoms with Gasteiger partial charge >= 0.3 is 0 Å². The lowest BCUT2D eigenvalue weighted by molar-refractivity contribution is -0.906. The van der Waals surface area contributed by atoms with Gasteiger partial charge in [0, 0.05) is 0 Å². The molecule has 0 unspecified atom stereocenters. The maximum atomic E-state index is 12.8. The summed E-state index contributed by atoms with van der Waals surface area (Å²) in [4.78, 5) is 1.48. The van der Waals surface area contributed by atoms with E-state index in [1.54, 1.807) is 24.3 Å². The number of quaternary nitrogens is 1. The molecule has 7 nitrogen and oxygen atoms in total. The van der Waals surface area contributed by atoms with E-state index in [4.69, 9.17) is 9.47 Å². The van der Waals surface area contributed by atoms with E-state index in [1.807, 2.05) is 27.7 Å². The Morgan fingerprint density at radius 3 is 2.30 bits per heavy atom. The molecule has 0 amide bonds. The summed E-state index contributed by atoms with van der Waals surface area (Å²) in [6, 6.07) is 6.55. The third-order valence-electron chi connectivity index (χ3n) is 4.44. The van der Waals surface area contributed by atoms with Gasteiger partial charge in [-0.2, -0.15) is 4.31 Å². The molecule has 1 aromatic carbocycles. The molecule has 1 aromatic rings. The summed E-state index contributed by atoms with van der Waals surface area (Å²) in [6.07, 6.45) is -0.548. The maximum Gasteiger partial charge on any atom is 0.243 e. The molecule has 1 fully saturated rings. The van der Waals surface area contributed by atoms with Crippen LogP contribution in [0, 0.1) is 0 Å². The fraction of sp³-hybridized carbons (Fsp3) is 0.684. The van der Waals surface area contributed by atoms with Crippen LogP contribution in [-0.4, -0.2) is 75.5 Å². The molecule has 1 atom stereocenters. The van der Waals surface area contributed by atoms with E-state index < -0.39 is 16.1 Å². The Kier molecular flexibility index (Phi) is 7.64. The van der Waals surface area contributed by atoms with Crippen LogP contribution in [0.5, 0.6) is 5.75 Å². The second kappa shape index (κ2) is 9.34. The van der Waals surface area contributed by atoms with Crippen LogP contribution in [0.15, 0.2) is 29.2 Å². The summed E-state index contributed by atoms with van der Waals surface area (Å²) in [5.41, 5.74) is -0.277. The molecule has 2 N–H and O–H groups in total. The minimum absolute atomic E-state index is 0.277. The van der Waals surface area contributed by atoms with Gasteiger partial charge < -0.3 is 19.5 Å². The molecule has 0 bridgehead atoms. The van der Waals surface area contributed by atoms with Crippen molar-refractivity contribution in [2.75, 3.05) is 45.9 Å². The van der Waals surface area contributed by atoms with E-state index in [2.05, 4.69) is 0 Å². The second-order valence-electron chi connectivity index (χ2n) is 7.84. The molecule has 2 rings (SSSR count). The lowest BCUT2D eigenvalue weighted by atomic mass is 10.2. The zero-order valence-corrected chi connectivity index (χ0v) is 17.6. The molecule has 1 aliphatic heterocycles. The van der Waals surface area contributed by atoms with Gasteiger partial charge in [-0.3, -0.25) is 0 Å². The Bertz CT molecular complexity index is 677. The van der Waals surface area contributed by atoms with Crippen molar-refractivity contribution in [2.45, 2.75) is 44.3 Å². The minimum atomic E-state index is -3.50. The lowest BCUT2D eigenvalue weighted by Gasteiger charge is -2.32. The average molecular weight is 402 g/mol. The number of rotatable bonds is 8. The zero-order chi connectivity index (χ0) is 20.1. The van der Waals surface area contributed by atoms with E-state index in [-0.39, 0.29) is 10.5 Å². The van der Waals surface area contributed by atoms with Crippen LogP contribution in [0.4, 0.5) is 0 Å². The third-order valence-corrected chi connectivity index (χ3v) is 6.35. The monoisotopic (exact) mass is 401 g/mol. The fourth-order valence-electron chi connectivity index (χ4n) is 3.01. The van der Waals surface area contributed by atoms with Gasteiger partial charge in [0.05, 0.1) is 49.9 Å². The first-order chi connectivity index (χ1) is 12.6.